The average molecular weight is 292 g/mol. The van der Waals surface area contributed by atoms with Crippen molar-refractivity contribution in [1.82, 2.24) is 5.32 Å². The minimum absolute atomic E-state index is 0.0553. The van der Waals surface area contributed by atoms with E-state index >= 15 is 0 Å². The van der Waals surface area contributed by atoms with Crippen LogP contribution in [0.3, 0.4) is 0 Å². The lowest BCUT2D eigenvalue weighted by molar-refractivity contribution is -0.137. The van der Waals surface area contributed by atoms with Gasteiger partial charge < -0.3 is 10.4 Å². The van der Waals surface area contributed by atoms with Crippen LogP contribution in [-0.2, 0) is 4.79 Å². The quantitative estimate of drug-likeness (QED) is 0.846. The molecule has 0 heterocycles. The Bertz CT molecular complexity index is 494. The number of aliphatic carboxylic acids is 1. The normalized spacial score (nSPS) is 11.8. The summed E-state index contributed by atoms with van der Waals surface area (Å²) in [5.41, 5.74) is 2.97. The van der Waals surface area contributed by atoms with Crippen LogP contribution in [0.5, 0.6) is 0 Å². The predicted molar refractivity (Wildman–Crippen MR) is 83.8 cm³/mol. The van der Waals surface area contributed by atoms with E-state index < -0.39 is 5.97 Å². The molecule has 0 fully saturated rings. The molecule has 0 aromatic heterocycles. The SMILES string of the molecule is CCCC(CC(=O)O)NC(=O)N(C)c1cc(C)cc(C)c1. The van der Waals surface area contributed by atoms with Crippen LogP contribution in [0.1, 0.15) is 37.3 Å². The molecule has 21 heavy (non-hydrogen) atoms. The lowest BCUT2D eigenvalue weighted by Crippen LogP contribution is -2.44. The van der Waals surface area contributed by atoms with Crippen molar-refractivity contribution in [3.63, 3.8) is 0 Å². The van der Waals surface area contributed by atoms with Crippen molar-refractivity contribution < 1.29 is 14.7 Å². The van der Waals surface area contributed by atoms with Crippen LogP contribution in [0.2, 0.25) is 0 Å². The van der Waals surface area contributed by atoms with E-state index in [1.165, 1.54) is 4.90 Å². The van der Waals surface area contributed by atoms with E-state index in [1.807, 2.05) is 39.0 Å². The minimum atomic E-state index is -0.900. The second-order valence-corrected chi connectivity index (χ2v) is 5.44. The van der Waals surface area contributed by atoms with Gasteiger partial charge in [0.2, 0.25) is 0 Å². The van der Waals surface area contributed by atoms with Crippen LogP contribution in [0.25, 0.3) is 0 Å². The van der Waals surface area contributed by atoms with Crippen molar-refractivity contribution >= 4 is 17.7 Å². The zero-order valence-electron chi connectivity index (χ0n) is 13.1. The zero-order valence-corrected chi connectivity index (χ0v) is 13.1. The summed E-state index contributed by atoms with van der Waals surface area (Å²) in [4.78, 5) is 24.6. The Morgan fingerprint density at radius 1 is 1.24 bits per heavy atom. The maximum Gasteiger partial charge on any atom is 0.321 e. The van der Waals surface area contributed by atoms with E-state index in [1.54, 1.807) is 7.05 Å². The van der Waals surface area contributed by atoms with Gasteiger partial charge in [-0.25, -0.2) is 4.79 Å². The molecule has 0 aliphatic heterocycles. The van der Waals surface area contributed by atoms with Crippen LogP contribution >= 0.6 is 0 Å². The molecule has 1 rings (SSSR count). The van der Waals surface area contributed by atoms with Crippen molar-refractivity contribution in [1.29, 1.82) is 0 Å². The molecule has 1 aromatic rings. The molecule has 0 radical (unpaired) electrons. The maximum absolute atomic E-state index is 12.3. The van der Waals surface area contributed by atoms with Crippen molar-refractivity contribution in [3.05, 3.63) is 29.3 Å². The number of benzene rings is 1. The number of nitrogens with one attached hydrogen (secondary N) is 1. The van der Waals surface area contributed by atoms with Gasteiger partial charge in [-0.3, -0.25) is 9.69 Å². The summed E-state index contributed by atoms with van der Waals surface area (Å²) in [6, 6.07) is 5.28. The van der Waals surface area contributed by atoms with E-state index in [4.69, 9.17) is 5.11 Å². The number of amides is 2. The van der Waals surface area contributed by atoms with Crippen molar-refractivity contribution in [2.45, 2.75) is 46.1 Å². The molecule has 0 saturated heterocycles. The number of rotatable bonds is 6. The number of aryl methyl sites for hydroxylation is 2. The summed E-state index contributed by atoms with van der Waals surface area (Å²) in [7, 11) is 1.69. The third-order valence-corrected chi connectivity index (χ3v) is 3.28. The standard InChI is InChI=1S/C16H24N2O3/c1-5-6-13(10-15(19)20)17-16(21)18(4)14-8-11(2)7-12(3)9-14/h7-9,13H,5-6,10H2,1-4H3,(H,17,21)(H,19,20). The number of carbonyl (C=O) groups excluding carboxylic acids is 1. The average Bonchev–Trinajstić information content (AvgIpc) is 2.36. The second kappa shape index (κ2) is 7.67. The van der Waals surface area contributed by atoms with Gasteiger partial charge in [-0.15, -0.1) is 0 Å². The van der Waals surface area contributed by atoms with Crippen LogP contribution in [0.15, 0.2) is 18.2 Å². The number of hydrogen-bond donors (Lipinski definition) is 2. The van der Waals surface area contributed by atoms with Crippen molar-refractivity contribution in [2.75, 3.05) is 11.9 Å². The highest BCUT2D eigenvalue weighted by Crippen LogP contribution is 2.18. The predicted octanol–water partition coefficient (Wildman–Crippen LogP) is 3.09. The molecule has 0 aliphatic rings. The number of carbonyl (C=O) groups is 2. The molecule has 0 bridgehead atoms. The van der Waals surface area contributed by atoms with Crippen LogP contribution < -0.4 is 10.2 Å². The van der Waals surface area contributed by atoms with Gasteiger partial charge in [0.25, 0.3) is 0 Å². The molecular weight excluding hydrogens is 268 g/mol. The largest absolute Gasteiger partial charge is 0.481 e. The van der Waals surface area contributed by atoms with E-state index in [2.05, 4.69) is 5.32 Å². The van der Waals surface area contributed by atoms with Gasteiger partial charge in [-0.05, 0) is 43.5 Å². The number of hydrogen-bond acceptors (Lipinski definition) is 2. The molecule has 1 aromatic carbocycles. The van der Waals surface area contributed by atoms with Gasteiger partial charge in [0.15, 0.2) is 0 Å². The van der Waals surface area contributed by atoms with Crippen LogP contribution in [0.4, 0.5) is 10.5 Å². The zero-order chi connectivity index (χ0) is 16.0. The highest BCUT2D eigenvalue weighted by atomic mass is 16.4. The summed E-state index contributed by atoms with van der Waals surface area (Å²) in [6.45, 7) is 5.92. The lowest BCUT2D eigenvalue weighted by Gasteiger charge is -2.23. The molecule has 5 nitrogen and oxygen atoms in total. The maximum atomic E-state index is 12.3. The fourth-order valence-electron chi connectivity index (χ4n) is 2.32. The van der Waals surface area contributed by atoms with E-state index in [0.29, 0.717) is 6.42 Å². The Hall–Kier alpha value is -2.04. The van der Waals surface area contributed by atoms with Gasteiger partial charge in [0.05, 0.1) is 6.42 Å². The first-order valence-corrected chi connectivity index (χ1v) is 7.17. The molecule has 0 aliphatic carbocycles. The third-order valence-electron chi connectivity index (χ3n) is 3.28. The third kappa shape index (κ3) is 5.45. The first-order chi connectivity index (χ1) is 9.83. The minimum Gasteiger partial charge on any atom is -0.481 e. The first kappa shape index (κ1) is 17.0. The van der Waals surface area contributed by atoms with Crippen molar-refractivity contribution in [2.24, 2.45) is 0 Å². The van der Waals surface area contributed by atoms with Crippen LogP contribution in [-0.4, -0.2) is 30.2 Å². The fourth-order valence-corrected chi connectivity index (χ4v) is 2.32. The van der Waals surface area contributed by atoms with Crippen LogP contribution in [0, 0.1) is 13.8 Å². The highest BCUT2D eigenvalue weighted by molar-refractivity contribution is 5.92. The molecule has 2 N–H and O–H groups in total. The summed E-state index contributed by atoms with van der Waals surface area (Å²) in [5.74, 6) is -0.900. The molecule has 0 saturated carbocycles. The summed E-state index contributed by atoms with van der Waals surface area (Å²) >= 11 is 0. The van der Waals surface area contributed by atoms with E-state index in [9.17, 15) is 9.59 Å². The van der Waals surface area contributed by atoms with Gasteiger partial charge >= 0.3 is 12.0 Å². The topological polar surface area (TPSA) is 69.6 Å². The Kier molecular flexibility index (Phi) is 6.21. The Morgan fingerprint density at radius 2 is 1.81 bits per heavy atom. The van der Waals surface area contributed by atoms with Gasteiger partial charge in [-0.1, -0.05) is 19.4 Å². The molecule has 1 atom stereocenters. The van der Waals surface area contributed by atoms with Gasteiger partial charge in [-0.2, -0.15) is 0 Å². The monoisotopic (exact) mass is 292 g/mol. The Labute approximate surface area is 126 Å². The van der Waals surface area contributed by atoms with Gasteiger partial charge in [0.1, 0.15) is 0 Å². The molecule has 0 spiro atoms. The lowest BCUT2D eigenvalue weighted by atomic mass is 10.1. The van der Waals surface area contributed by atoms with Gasteiger partial charge in [0, 0.05) is 18.8 Å². The van der Waals surface area contributed by atoms with Crippen molar-refractivity contribution in [3.8, 4) is 0 Å². The second-order valence-electron chi connectivity index (χ2n) is 5.44. The molecule has 1 unspecified atom stereocenters. The Balaban J connectivity index is 2.78. The van der Waals surface area contributed by atoms with E-state index in [-0.39, 0.29) is 18.5 Å². The molecule has 2 amide bonds. The first-order valence-electron chi connectivity index (χ1n) is 7.17. The molecule has 5 heteroatoms. The number of carboxylic acid groups (broad SMARTS) is 1. The van der Waals surface area contributed by atoms with E-state index in [0.717, 1.165) is 23.2 Å². The number of urea groups is 1. The summed E-state index contributed by atoms with van der Waals surface area (Å²) in [6.07, 6.45) is 1.42. The smallest absolute Gasteiger partial charge is 0.321 e. The summed E-state index contributed by atoms with van der Waals surface area (Å²) < 4.78 is 0. The number of carboxylic acids is 1. The Morgan fingerprint density at radius 3 is 2.29 bits per heavy atom. The number of nitrogens with zero attached hydrogens (tertiary/aromatic N) is 1. The molecular formula is C16H24N2O3. The number of anilines is 1. The summed E-state index contributed by atoms with van der Waals surface area (Å²) in [5, 5.41) is 11.7. The molecule has 116 valence electrons. The highest BCUT2D eigenvalue weighted by Gasteiger charge is 2.18. The fraction of sp³-hybridized carbons (Fsp3) is 0.500.